The van der Waals surface area contributed by atoms with E-state index in [-0.39, 0.29) is 22.7 Å². The average Bonchev–Trinajstić information content (AvgIpc) is 2.59. The van der Waals surface area contributed by atoms with Crippen molar-refractivity contribution in [3.05, 3.63) is 79.9 Å². The van der Waals surface area contributed by atoms with Crippen molar-refractivity contribution in [2.75, 3.05) is 14.1 Å². The number of hydrogen-bond acceptors (Lipinski definition) is 3. The molecule has 0 fully saturated rings. The number of allylic oxidation sites excluding steroid dienone is 2. The van der Waals surface area contributed by atoms with Gasteiger partial charge in [0.15, 0.2) is 11.6 Å². The smallest absolute Gasteiger partial charge is 0.190 e. The number of benzene rings is 2. The van der Waals surface area contributed by atoms with Crippen molar-refractivity contribution in [1.82, 2.24) is 4.90 Å². The lowest BCUT2D eigenvalue weighted by Gasteiger charge is -2.15. The summed E-state index contributed by atoms with van der Waals surface area (Å²) in [7, 11) is 3.72. The van der Waals surface area contributed by atoms with Gasteiger partial charge in [0.05, 0.1) is 11.1 Å². The Labute approximate surface area is 180 Å². The predicted octanol–water partition coefficient (Wildman–Crippen LogP) is 6.42. The Morgan fingerprint density at radius 3 is 1.79 bits per heavy atom. The molecule has 0 aliphatic heterocycles. The van der Waals surface area contributed by atoms with Crippen molar-refractivity contribution in [2.24, 2.45) is 0 Å². The molecule has 28 heavy (non-hydrogen) atoms. The number of Topliss-reactive ketones (excluding diaryl/α,β-unsaturated/α-hetero) is 1. The van der Waals surface area contributed by atoms with Gasteiger partial charge in [-0.15, -0.1) is 0 Å². The molecule has 0 saturated heterocycles. The fourth-order valence-corrected chi connectivity index (χ4v) is 2.91. The summed E-state index contributed by atoms with van der Waals surface area (Å²) in [5.41, 5.74) is 1.10. The molecule has 0 atom stereocenters. The lowest BCUT2D eigenvalue weighted by molar-refractivity contribution is 0.101. The number of halogens is 4. The minimum Gasteiger partial charge on any atom is -0.381 e. The van der Waals surface area contributed by atoms with E-state index in [0.29, 0.717) is 8.95 Å². The summed E-state index contributed by atoms with van der Waals surface area (Å²) in [6, 6.07) is 8.81. The topological polar surface area (TPSA) is 37.4 Å². The maximum Gasteiger partial charge on any atom is 0.190 e. The van der Waals surface area contributed by atoms with Crippen LogP contribution >= 0.6 is 31.9 Å². The Kier molecular flexibility index (Phi) is 9.69. The highest BCUT2D eigenvalue weighted by atomic mass is 79.9. The highest BCUT2D eigenvalue weighted by molar-refractivity contribution is 9.10. The number of nitrogens with zero attached hydrogens (tertiary/aromatic N) is 1. The van der Waals surface area contributed by atoms with E-state index in [1.54, 1.807) is 12.1 Å². The molecule has 2 aromatic rings. The van der Waals surface area contributed by atoms with Gasteiger partial charge >= 0.3 is 0 Å². The van der Waals surface area contributed by atoms with Gasteiger partial charge in [0.2, 0.25) is 0 Å². The molecule has 0 unspecified atom stereocenters. The molecule has 0 N–H and O–H groups in total. The Morgan fingerprint density at radius 1 is 0.964 bits per heavy atom. The molecule has 150 valence electrons. The summed E-state index contributed by atoms with van der Waals surface area (Å²) in [5.74, 6) is -1.54. The van der Waals surface area contributed by atoms with Gasteiger partial charge in [-0.1, -0.05) is 38.8 Å². The second-order valence-electron chi connectivity index (χ2n) is 6.05. The third-order valence-electron chi connectivity index (χ3n) is 3.74. The number of rotatable bonds is 5. The third kappa shape index (κ3) is 7.28. The molecular weight excluding hydrogens is 496 g/mol. The van der Waals surface area contributed by atoms with E-state index in [0.717, 1.165) is 12.1 Å². The minimum atomic E-state index is -0.505. The van der Waals surface area contributed by atoms with E-state index in [9.17, 15) is 18.4 Å². The summed E-state index contributed by atoms with van der Waals surface area (Å²) in [5, 5.41) is 0. The van der Waals surface area contributed by atoms with Gasteiger partial charge < -0.3 is 4.90 Å². The molecule has 0 saturated carbocycles. The number of ketones is 2. The van der Waals surface area contributed by atoms with Gasteiger partial charge in [-0.05, 0) is 49.7 Å². The van der Waals surface area contributed by atoms with Crippen LogP contribution in [0.3, 0.4) is 0 Å². The van der Waals surface area contributed by atoms with E-state index in [1.165, 1.54) is 37.3 Å². The van der Waals surface area contributed by atoms with Gasteiger partial charge in [0, 0.05) is 34.8 Å². The molecule has 0 bridgehead atoms. The van der Waals surface area contributed by atoms with E-state index in [1.807, 2.05) is 25.9 Å². The molecular formula is C21H21Br2F2NO2. The summed E-state index contributed by atoms with van der Waals surface area (Å²) in [6.07, 6.45) is 2.21. The molecule has 7 heteroatoms. The molecule has 0 aliphatic carbocycles. The predicted molar refractivity (Wildman–Crippen MR) is 115 cm³/mol. The molecule has 3 nitrogen and oxygen atoms in total. The maximum atomic E-state index is 13.6. The van der Waals surface area contributed by atoms with E-state index in [2.05, 4.69) is 31.9 Å². The lowest BCUT2D eigenvalue weighted by atomic mass is 10.1. The zero-order valence-electron chi connectivity index (χ0n) is 16.0. The Bertz CT molecular complexity index is 896. The van der Waals surface area contributed by atoms with Crippen LogP contribution in [0.5, 0.6) is 0 Å². The van der Waals surface area contributed by atoms with Crippen LogP contribution in [-0.2, 0) is 0 Å². The van der Waals surface area contributed by atoms with Gasteiger partial charge in [-0.25, -0.2) is 8.78 Å². The standard InChI is InChI=1S/C13H15BrFNO.C8H6BrFO/c1-4-10(16(2)3)8-13(17)11-6-5-9(14)7-12(11)15;1-5(11)7-3-2-6(9)4-8(7)10/h5-8H,4H2,1-3H3;2-4H,1H3/b10-8+;. The summed E-state index contributed by atoms with van der Waals surface area (Å²) >= 11 is 6.25. The van der Waals surface area contributed by atoms with Gasteiger partial charge in [-0.3, -0.25) is 9.59 Å². The highest BCUT2D eigenvalue weighted by Crippen LogP contribution is 2.17. The zero-order chi connectivity index (χ0) is 21.4. The summed E-state index contributed by atoms with van der Waals surface area (Å²) in [4.78, 5) is 24.5. The van der Waals surface area contributed by atoms with Crippen LogP contribution in [0.4, 0.5) is 8.78 Å². The SMILES string of the molecule is CC(=O)c1ccc(Br)cc1F.CC/C(=C\C(=O)c1ccc(Br)cc1F)N(C)C. The number of hydrogen-bond donors (Lipinski definition) is 0. The van der Waals surface area contributed by atoms with Gasteiger partial charge in [0.1, 0.15) is 11.6 Å². The second-order valence-corrected chi connectivity index (χ2v) is 7.88. The van der Waals surface area contributed by atoms with Crippen molar-refractivity contribution in [3.8, 4) is 0 Å². The van der Waals surface area contributed by atoms with Crippen LogP contribution in [0.25, 0.3) is 0 Å². The van der Waals surface area contributed by atoms with Crippen LogP contribution in [0, 0.1) is 11.6 Å². The van der Waals surface area contributed by atoms with Crippen LogP contribution in [0.2, 0.25) is 0 Å². The quantitative estimate of drug-likeness (QED) is 0.340. The largest absolute Gasteiger partial charge is 0.381 e. The molecule has 0 amide bonds. The lowest BCUT2D eigenvalue weighted by Crippen LogP contribution is -2.12. The first-order valence-corrected chi connectivity index (χ1v) is 9.98. The van der Waals surface area contributed by atoms with Crippen molar-refractivity contribution in [1.29, 1.82) is 0 Å². The van der Waals surface area contributed by atoms with Crippen molar-refractivity contribution < 1.29 is 18.4 Å². The third-order valence-corrected chi connectivity index (χ3v) is 4.73. The Morgan fingerprint density at radius 2 is 1.43 bits per heavy atom. The average molecular weight is 517 g/mol. The van der Waals surface area contributed by atoms with Crippen molar-refractivity contribution in [3.63, 3.8) is 0 Å². The fraction of sp³-hybridized carbons (Fsp3) is 0.238. The van der Waals surface area contributed by atoms with Crippen LogP contribution in [0.1, 0.15) is 41.0 Å². The Balaban J connectivity index is 0.000000307. The van der Waals surface area contributed by atoms with Crippen molar-refractivity contribution in [2.45, 2.75) is 20.3 Å². The van der Waals surface area contributed by atoms with Gasteiger partial charge in [-0.2, -0.15) is 0 Å². The zero-order valence-corrected chi connectivity index (χ0v) is 19.2. The van der Waals surface area contributed by atoms with E-state index < -0.39 is 11.6 Å². The maximum absolute atomic E-state index is 13.6. The number of carbonyl (C=O) groups is 2. The molecule has 0 aliphatic rings. The number of carbonyl (C=O) groups excluding carboxylic acids is 2. The Hall–Kier alpha value is -1.86. The first-order valence-electron chi connectivity index (χ1n) is 8.40. The molecule has 0 heterocycles. The summed E-state index contributed by atoms with van der Waals surface area (Å²) in [6.45, 7) is 3.30. The second kappa shape index (κ2) is 11.2. The van der Waals surface area contributed by atoms with Crippen LogP contribution in [-0.4, -0.2) is 30.6 Å². The van der Waals surface area contributed by atoms with Crippen LogP contribution < -0.4 is 0 Å². The molecule has 2 rings (SSSR count). The highest BCUT2D eigenvalue weighted by Gasteiger charge is 2.11. The van der Waals surface area contributed by atoms with E-state index in [4.69, 9.17) is 0 Å². The summed E-state index contributed by atoms with van der Waals surface area (Å²) < 4.78 is 27.7. The fourth-order valence-electron chi connectivity index (χ4n) is 2.24. The monoisotopic (exact) mass is 515 g/mol. The van der Waals surface area contributed by atoms with E-state index >= 15 is 0 Å². The first kappa shape index (κ1) is 24.2. The van der Waals surface area contributed by atoms with Gasteiger partial charge in [0.25, 0.3) is 0 Å². The van der Waals surface area contributed by atoms with Crippen molar-refractivity contribution >= 4 is 43.4 Å². The molecule has 2 aromatic carbocycles. The molecule has 0 aromatic heterocycles. The normalized spacial score (nSPS) is 10.8. The van der Waals surface area contributed by atoms with Crippen LogP contribution in [0.15, 0.2) is 57.1 Å². The molecule has 0 spiro atoms. The molecule has 0 radical (unpaired) electrons. The first-order chi connectivity index (χ1) is 13.1. The minimum absolute atomic E-state index is 0.0981.